The number of benzene rings is 1. The second-order valence-electron chi connectivity index (χ2n) is 3.02. The van der Waals surface area contributed by atoms with Crippen molar-refractivity contribution in [2.45, 2.75) is 12.8 Å². The van der Waals surface area contributed by atoms with Gasteiger partial charge in [0, 0.05) is 5.56 Å². The molecule has 0 heterocycles. The number of halogens is 3. The molecule has 0 radical (unpaired) electrons. The smallest absolute Gasteiger partial charge is 0.406 e. The first-order valence-electron chi connectivity index (χ1n) is 4.50. The van der Waals surface area contributed by atoms with Gasteiger partial charge in [-0.25, -0.2) is 0 Å². The summed E-state index contributed by atoms with van der Waals surface area (Å²) in [5, 5.41) is 0. The fraction of sp³-hybridized carbons (Fsp3) is 0.182. The van der Waals surface area contributed by atoms with E-state index in [4.69, 9.17) is 5.73 Å². The summed E-state index contributed by atoms with van der Waals surface area (Å²) >= 11 is 0. The molecule has 90 valence electrons. The second kappa shape index (κ2) is 5.25. The summed E-state index contributed by atoms with van der Waals surface area (Å²) in [7, 11) is 0. The quantitative estimate of drug-likeness (QED) is 0.805. The Morgan fingerprint density at radius 2 is 1.88 bits per heavy atom. The summed E-state index contributed by atoms with van der Waals surface area (Å²) in [6.45, 7) is 0. The number of amides is 1. The lowest BCUT2D eigenvalue weighted by Crippen LogP contribution is -2.16. The maximum absolute atomic E-state index is 11.8. The van der Waals surface area contributed by atoms with Crippen LogP contribution in [0.2, 0.25) is 0 Å². The first-order valence-corrected chi connectivity index (χ1v) is 4.50. The number of carbonyl (C=O) groups is 1. The molecule has 2 N–H and O–H groups in total. The average molecular weight is 243 g/mol. The number of primary amides is 1. The number of ether oxygens (including phenoxy) is 1. The van der Waals surface area contributed by atoms with Gasteiger partial charge in [0.2, 0.25) is 5.91 Å². The van der Waals surface area contributed by atoms with Gasteiger partial charge in [-0.3, -0.25) is 4.79 Å². The van der Waals surface area contributed by atoms with Crippen LogP contribution < -0.4 is 10.5 Å². The van der Waals surface area contributed by atoms with E-state index in [1.54, 1.807) is 0 Å². The predicted molar refractivity (Wildman–Crippen MR) is 53.8 cm³/mol. The molecular weight excluding hydrogens is 235 g/mol. The van der Waals surface area contributed by atoms with E-state index in [9.17, 15) is 18.0 Å². The van der Waals surface area contributed by atoms with Crippen molar-refractivity contribution in [1.82, 2.24) is 0 Å². The molecule has 0 saturated heterocycles. The van der Waals surface area contributed by atoms with Gasteiger partial charge in [0.15, 0.2) is 0 Å². The van der Waals surface area contributed by atoms with E-state index in [0.717, 1.165) is 12.1 Å². The Morgan fingerprint density at radius 3 is 2.35 bits per heavy atom. The van der Waals surface area contributed by atoms with Crippen LogP contribution in [0, 0.1) is 11.8 Å². The molecule has 0 aliphatic carbocycles. The molecule has 0 aliphatic rings. The van der Waals surface area contributed by atoms with E-state index in [0.29, 0.717) is 5.56 Å². The van der Waals surface area contributed by atoms with E-state index in [-0.39, 0.29) is 12.2 Å². The van der Waals surface area contributed by atoms with Crippen molar-refractivity contribution in [1.29, 1.82) is 0 Å². The summed E-state index contributed by atoms with van der Waals surface area (Å²) in [6.07, 6.45) is -4.81. The van der Waals surface area contributed by atoms with Crippen LogP contribution in [-0.4, -0.2) is 12.3 Å². The van der Waals surface area contributed by atoms with E-state index in [2.05, 4.69) is 16.6 Å². The zero-order valence-corrected chi connectivity index (χ0v) is 8.54. The topological polar surface area (TPSA) is 52.3 Å². The highest BCUT2D eigenvalue weighted by Gasteiger charge is 2.30. The molecule has 0 atom stereocenters. The number of nitrogens with two attached hydrogens (primary N) is 1. The molecule has 0 spiro atoms. The van der Waals surface area contributed by atoms with Crippen molar-refractivity contribution in [3.05, 3.63) is 29.8 Å². The molecule has 0 unspecified atom stereocenters. The van der Waals surface area contributed by atoms with Gasteiger partial charge in [-0.05, 0) is 24.3 Å². The van der Waals surface area contributed by atoms with Crippen LogP contribution in [0.15, 0.2) is 24.3 Å². The lowest BCUT2D eigenvalue weighted by molar-refractivity contribution is -0.274. The lowest BCUT2D eigenvalue weighted by Gasteiger charge is -2.07. The molecule has 1 rings (SSSR count). The molecule has 6 heteroatoms. The monoisotopic (exact) mass is 243 g/mol. The van der Waals surface area contributed by atoms with Crippen LogP contribution in [0.1, 0.15) is 12.0 Å². The van der Waals surface area contributed by atoms with E-state index in [1.165, 1.54) is 12.1 Å². The molecule has 0 fully saturated rings. The summed E-state index contributed by atoms with van der Waals surface area (Å²) in [5.74, 6) is 4.18. The maximum Gasteiger partial charge on any atom is 0.573 e. The SMILES string of the molecule is NC(=O)CC#Cc1ccc(OC(F)(F)F)cc1. The Balaban J connectivity index is 2.67. The van der Waals surface area contributed by atoms with Gasteiger partial charge >= 0.3 is 6.36 Å². The van der Waals surface area contributed by atoms with Crippen LogP contribution in [0.5, 0.6) is 5.75 Å². The molecule has 17 heavy (non-hydrogen) atoms. The first kappa shape index (κ1) is 12.9. The van der Waals surface area contributed by atoms with E-state index < -0.39 is 12.3 Å². The minimum absolute atomic E-state index is 0.0964. The van der Waals surface area contributed by atoms with Crippen molar-refractivity contribution in [2.24, 2.45) is 5.73 Å². The average Bonchev–Trinajstić information content (AvgIpc) is 2.18. The molecule has 0 bridgehead atoms. The molecule has 3 nitrogen and oxygen atoms in total. The Hall–Kier alpha value is -2.16. The molecule has 1 aromatic rings. The summed E-state index contributed by atoms with van der Waals surface area (Å²) in [6, 6.07) is 4.99. The van der Waals surface area contributed by atoms with Crippen LogP contribution in [0.4, 0.5) is 13.2 Å². The number of carbonyl (C=O) groups excluding carboxylic acids is 1. The molecule has 1 aromatic carbocycles. The van der Waals surface area contributed by atoms with Crippen LogP contribution in [-0.2, 0) is 4.79 Å². The largest absolute Gasteiger partial charge is 0.573 e. The van der Waals surface area contributed by atoms with Gasteiger partial charge in [-0.2, -0.15) is 0 Å². The zero-order valence-electron chi connectivity index (χ0n) is 8.54. The van der Waals surface area contributed by atoms with Gasteiger partial charge in [-0.15, -0.1) is 13.2 Å². The number of rotatable bonds is 2. The first-order chi connectivity index (χ1) is 7.87. The van der Waals surface area contributed by atoms with Gasteiger partial charge < -0.3 is 10.5 Å². The normalized spacial score (nSPS) is 10.3. The highest BCUT2D eigenvalue weighted by Crippen LogP contribution is 2.22. The minimum Gasteiger partial charge on any atom is -0.406 e. The fourth-order valence-electron chi connectivity index (χ4n) is 0.973. The summed E-state index contributed by atoms with van der Waals surface area (Å²) in [5.41, 5.74) is 5.34. The Morgan fingerprint density at radius 1 is 1.29 bits per heavy atom. The molecule has 1 amide bonds. The molecule has 0 saturated carbocycles. The maximum atomic E-state index is 11.8. The second-order valence-corrected chi connectivity index (χ2v) is 3.02. The van der Waals surface area contributed by atoms with Gasteiger partial charge in [-0.1, -0.05) is 11.8 Å². The number of alkyl halides is 3. The van der Waals surface area contributed by atoms with Crippen molar-refractivity contribution >= 4 is 5.91 Å². The highest BCUT2D eigenvalue weighted by atomic mass is 19.4. The number of hydrogen-bond donors (Lipinski definition) is 1. The number of hydrogen-bond acceptors (Lipinski definition) is 2. The van der Waals surface area contributed by atoms with Gasteiger partial charge in [0.1, 0.15) is 5.75 Å². The van der Waals surface area contributed by atoms with Gasteiger partial charge in [0.05, 0.1) is 6.42 Å². The van der Waals surface area contributed by atoms with Crippen LogP contribution in [0.25, 0.3) is 0 Å². The van der Waals surface area contributed by atoms with Gasteiger partial charge in [0.25, 0.3) is 0 Å². The van der Waals surface area contributed by atoms with Crippen molar-refractivity contribution < 1.29 is 22.7 Å². The van der Waals surface area contributed by atoms with Crippen molar-refractivity contribution in [3.8, 4) is 17.6 Å². The third kappa shape index (κ3) is 5.47. The van der Waals surface area contributed by atoms with E-state index >= 15 is 0 Å². The van der Waals surface area contributed by atoms with E-state index in [1.807, 2.05) is 0 Å². The van der Waals surface area contributed by atoms with Crippen molar-refractivity contribution in [3.63, 3.8) is 0 Å². The van der Waals surface area contributed by atoms with Crippen molar-refractivity contribution in [2.75, 3.05) is 0 Å². The zero-order chi connectivity index (χ0) is 12.9. The Kier molecular flexibility index (Phi) is 3.99. The predicted octanol–water partition coefficient (Wildman–Crippen LogP) is 1.81. The molecular formula is C11H8F3NO2. The summed E-state index contributed by atoms with van der Waals surface area (Å²) < 4.78 is 39.2. The fourth-order valence-corrected chi connectivity index (χ4v) is 0.973. The van der Waals surface area contributed by atoms with Crippen LogP contribution in [0.3, 0.4) is 0 Å². The summed E-state index contributed by atoms with van der Waals surface area (Å²) in [4.78, 5) is 10.4. The Labute approximate surface area is 95.4 Å². The highest BCUT2D eigenvalue weighted by molar-refractivity contribution is 5.76. The standard InChI is InChI=1S/C11H8F3NO2/c12-11(13,14)17-9-6-4-8(5-7-9)2-1-3-10(15)16/h4-7H,3H2,(H2,15,16). The third-order valence-electron chi connectivity index (χ3n) is 1.58. The minimum atomic E-state index is -4.71. The third-order valence-corrected chi connectivity index (χ3v) is 1.58. The lowest BCUT2D eigenvalue weighted by atomic mass is 10.2. The molecule has 0 aliphatic heterocycles. The van der Waals surface area contributed by atoms with Crippen LogP contribution >= 0.6 is 0 Å². The Bertz CT molecular complexity index is 454. The molecule has 0 aromatic heterocycles.